The topological polar surface area (TPSA) is 55.6 Å². The normalized spacial score (nSPS) is 17.0. The fraction of sp³-hybridized carbons (Fsp3) is 0.438. The molecule has 2 rings (SSSR count). The van der Waals surface area contributed by atoms with E-state index in [0.29, 0.717) is 35.9 Å². The van der Waals surface area contributed by atoms with E-state index in [1.165, 1.54) is 0 Å². The number of nitrogens with two attached hydrogens (primary N) is 1. The van der Waals surface area contributed by atoms with Crippen LogP contribution in [0.3, 0.4) is 0 Å². The van der Waals surface area contributed by atoms with Gasteiger partial charge in [-0.1, -0.05) is 23.4 Å². The molecular formula is C16H19ClN2O2. The first-order valence-corrected chi connectivity index (χ1v) is 7.22. The molecule has 1 aromatic carbocycles. The number of ether oxygens (including phenoxy) is 1. The van der Waals surface area contributed by atoms with Crippen LogP contribution in [-0.2, 0) is 4.74 Å². The molecule has 1 amide bonds. The lowest BCUT2D eigenvalue weighted by atomic mass is 10.0. The van der Waals surface area contributed by atoms with Crippen molar-refractivity contribution in [2.75, 3.05) is 26.3 Å². The first-order chi connectivity index (χ1) is 9.95. The van der Waals surface area contributed by atoms with E-state index < -0.39 is 0 Å². The minimum atomic E-state index is -0.320. The maximum Gasteiger partial charge on any atom is 0.254 e. The molecule has 1 fully saturated rings. The van der Waals surface area contributed by atoms with E-state index in [4.69, 9.17) is 22.1 Å². The van der Waals surface area contributed by atoms with Crippen LogP contribution in [-0.4, -0.2) is 42.6 Å². The Bertz CT molecular complexity index is 602. The quantitative estimate of drug-likeness (QED) is 0.806. The molecule has 2 N–H and O–H groups in total. The standard InChI is InChI=1S/C16H19ClN2O2/c1-16(2)11-21-9-8-19(16)15(20)13-6-5-12(4-3-7-18)14(17)10-13/h5-6,10H,7-9,11,18H2,1-2H3. The Hall–Kier alpha value is -1.54. The molecule has 4 nitrogen and oxygen atoms in total. The van der Waals surface area contributed by atoms with E-state index in [2.05, 4.69) is 11.8 Å². The fourth-order valence-corrected chi connectivity index (χ4v) is 2.51. The molecule has 21 heavy (non-hydrogen) atoms. The molecule has 1 aromatic rings. The van der Waals surface area contributed by atoms with Crippen molar-refractivity contribution < 1.29 is 9.53 Å². The Labute approximate surface area is 130 Å². The van der Waals surface area contributed by atoms with Crippen molar-refractivity contribution in [1.29, 1.82) is 0 Å². The zero-order chi connectivity index (χ0) is 15.5. The van der Waals surface area contributed by atoms with E-state index in [0.717, 1.165) is 0 Å². The third-order valence-corrected chi connectivity index (χ3v) is 3.74. The highest BCUT2D eigenvalue weighted by Crippen LogP contribution is 2.24. The lowest BCUT2D eigenvalue weighted by Crippen LogP contribution is -2.55. The minimum Gasteiger partial charge on any atom is -0.377 e. The van der Waals surface area contributed by atoms with Gasteiger partial charge in [0.2, 0.25) is 0 Å². The lowest BCUT2D eigenvalue weighted by Gasteiger charge is -2.42. The monoisotopic (exact) mass is 306 g/mol. The van der Waals surface area contributed by atoms with Gasteiger partial charge in [-0.05, 0) is 32.0 Å². The summed E-state index contributed by atoms with van der Waals surface area (Å²) in [6, 6.07) is 5.17. The van der Waals surface area contributed by atoms with E-state index >= 15 is 0 Å². The first kappa shape index (κ1) is 15.8. The average Bonchev–Trinajstić information content (AvgIpc) is 2.45. The summed E-state index contributed by atoms with van der Waals surface area (Å²) in [7, 11) is 0. The predicted molar refractivity (Wildman–Crippen MR) is 83.3 cm³/mol. The van der Waals surface area contributed by atoms with Crippen LogP contribution >= 0.6 is 11.6 Å². The number of rotatable bonds is 1. The Morgan fingerprint density at radius 3 is 2.90 bits per heavy atom. The number of halogens is 1. The smallest absolute Gasteiger partial charge is 0.254 e. The summed E-state index contributed by atoms with van der Waals surface area (Å²) in [6.45, 7) is 5.94. The average molecular weight is 307 g/mol. The molecule has 1 saturated heterocycles. The van der Waals surface area contributed by atoms with Gasteiger partial charge in [0.15, 0.2) is 0 Å². The van der Waals surface area contributed by atoms with Crippen LogP contribution in [0.2, 0.25) is 5.02 Å². The maximum absolute atomic E-state index is 12.6. The number of morpholine rings is 1. The fourth-order valence-electron chi connectivity index (χ4n) is 2.29. The van der Waals surface area contributed by atoms with Gasteiger partial charge in [-0.2, -0.15) is 0 Å². The highest BCUT2D eigenvalue weighted by molar-refractivity contribution is 6.32. The van der Waals surface area contributed by atoms with Gasteiger partial charge >= 0.3 is 0 Å². The SMILES string of the molecule is CC1(C)COCCN1C(=O)c1ccc(C#CCN)c(Cl)c1. The molecule has 0 radical (unpaired) electrons. The number of carbonyl (C=O) groups is 1. The summed E-state index contributed by atoms with van der Waals surface area (Å²) < 4.78 is 5.44. The summed E-state index contributed by atoms with van der Waals surface area (Å²) in [4.78, 5) is 14.5. The molecule has 112 valence electrons. The van der Waals surface area contributed by atoms with Crippen molar-refractivity contribution in [3.05, 3.63) is 34.3 Å². The van der Waals surface area contributed by atoms with Crippen molar-refractivity contribution in [3.63, 3.8) is 0 Å². The molecule has 0 bridgehead atoms. The zero-order valence-corrected chi connectivity index (χ0v) is 13.0. The maximum atomic E-state index is 12.6. The van der Waals surface area contributed by atoms with Gasteiger partial charge in [0.1, 0.15) is 0 Å². The van der Waals surface area contributed by atoms with E-state index in [1.54, 1.807) is 18.2 Å². The highest BCUT2D eigenvalue weighted by Gasteiger charge is 2.34. The van der Waals surface area contributed by atoms with Gasteiger partial charge in [0.05, 0.1) is 30.3 Å². The van der Waals surface area contributed by atoms with Crippen LogP contribution in [0.4, 0.5) is 0 Å². The van der Waals surface area contributed by atoms with Crippen LogP contribution in [0, 0.1) is 11.8 Å². The van der Waals surface area contributed by atoms with Crippen LogP contribution in [0.15, 0.2) is 18.2 Å². The lowest BCUT2D eigenvalue weighted by molar-refractivity contribution is -0.0370. The molecule has 1 aliphatic heterocycles. The zero-order valence-electron chi connectivity index (χ0n) is 12.3. The molecule has 0 aromatic heterocycles. The van der Waals surface area contributed by atoms with Crippen LogP contribution < -0.4 is 5.73 Å². The van der Waals surface area contributed by atoms with Gasteiger partial charge in [-0.15, -0.1) is 0 Å². The molecular weight excluding hydrogens is 288 g/mol. The van der Waals surface area contributed by atoms with Gasteiger partial charge in [0.25, 0.3) is 5.91 Å². The van der Waals surface area contributed by atoms with Gasteiger partial charge in [0, 0.05) is 17.7 Å². The Morgan fingerprint density at radius 2 is 2.29 bits per heavy atom. The summed E-state index contributed by atoms with van der Waals surface area (Å²) in [5.74, 6) is 5.60. The summed E-state index contributed by atoms with van der Waals surface area (Å²) in [5, 5.41) is 0.466. The molecule has 0 spiro atoms. The minimum absolute atomic E-state index is 0.0384. The summed E-state index contributed by atoms with van der Waals surface area (Å²) in [5.41, 5.74) is 6.27. The number of carbonyl (C=O) groups excluding carboxylic acids is 1. The van der Waals surface area contributed by atoms with Crippen molar-refractivity contribution in [2.24, 2.45) is 5.73 Å². The third-order valence-electron chi connectivity index (χ3n) is 3.43. The predicted octanol–water partition coefficient (Wildman–Crippen LogP) is 1.90. The Kier molecular flexibility index (Phi) is 4.89. The number of amides is 1. The Balaban J connectivity index is 2.25. The van der Waals surface area contributed by atoms with Crippen molar-refractivity contribution in [1.82, 2.24) is 4.90 Å². The largest absolute Gasteiger partial charge is 0.377 e. The van der Waals surface area contributed by atoms with Crippen LogP contribution in [0.1, 0.15) is 29.8 Å². The van der Waals surface area contributed by atoms with E-state index in [9.17, 15) is 4.79 Å². The number of nitrogens with zero attached hydrogens (tertiary/aromatic N) is 1. The van der Waals surface area contributed by atoms with Crippen LogP contribution in [0.5, 0.6) is 0 Å². The van der Waals surface area contributed by atoms with Gasteiger partial charge < -0.3 is 15.4 Å². The Morgan fingerprint density at radius 1 is 1.52 bits per heavy atom. The highest BCUT2D eigenvalue weighted by atomic mass is 35.5. The van der Waals surface area contributed by atoms with E-state index in [-0.39, 0.29) is 18.0 Å². The van der Waals surface area contributed by atoms with Crippen LogP contribution in [0.25, 0.3) is 0 Å². The molecule has 0 aliphatic carbocycles. The molecule has 1 aliphatic rings. The summed E-state index contributed by atoms with van der Waals surface area (Å²) in [6.07, 6.45) is 0. The second-order valence-electron chi connectivity index (χ2n) is 5.52. The van der Waals surface area contributed by atoms with Crippen molar-refractivity contribution in [2.45, 2.75) is 19.4 Å². The number of hydrogen-bond donors (Lipinski definition) is 1. The molecule has 0 saturated carbocycles. The second kappa shape index (κ2) is 6.48. The molecule has 0 unspecified atom stereocenters. The number of benzene rings is 1. The van der Waals surface area contributed by atoms with E-state index in [1.807, 2.05) is 18.7 Å². The second-order valence-corrected chi connectivity index (χ2v) is 5.93. The summed E-state index contributed by atoms with van der Waals surface area (Å²) >= 11 is 6.18. The number of hydrogen-bond acceptors (Lipinski definition) is 3. The first-order valence-electron chi connectivity index (χ1n) is 6.84. The van der Waals surface area contributed by atoms with Gasteiger partial charge in [-0.25, -0.2) is 0 Å². The molecule has 5 heteroatoms. The van der Waals surface area contributed by atoms with Gasteiger partial charge in [-0.3, -0.25) is 4.79 Å². The third kappa shape index (κ3) is 3.56. The molecule has 1 heterocycles. The molecule has 0 atom stereocenters. The van der Waals surface area contributed by atoms with Crippen molar-refractivity contribution in [3.8, 4) is 11.8 Å². The van der Waals surface area contributed by atoms with Crippen molar-refractivity contribution >= 4 is 17.5 Å².